The number of benzene rings is 2. The molecule has 0 aliphatic heterocycles. The summed E-state index contributed by atoms with van der Waals surface area (Å²) in [7, 11) is -2.77. The number of carbonyl (C=O) groups excluding carboxylic acids is 1. The van der Waals surface area contributed by atoms with Gasteiger partial charge in [-0.25, -0.2) is 4.79 Å². The molecule has 2 amide bonds. The van der Waals surface area contributed by atoms with Gasteiger partial charge in [-0.2, -0.15) is 8.42 Å². The minimum Gasteiger partial charge on any atom is -0.493 e. The fourth-order valence-electron chi connectivity index (χ4n) is 2.96. The van der Waals surface area contributed by atoms with Crippen molar-refractivity contribution in [2.45, 2.75) is 50.2 Å². The van der Waals surface area contributed by atoms with Gasteiger partial charge in [0.15, 0.2) is 11.5 Å². The number of methoxy groups -OCH3 is 1. The van der Waals surface area contributed by atoms with Crippen LogP contribution in [0.4, 0.5) is 4.79 Å². The lowest BCUT2D eigenvalue weighted by Crippen LogP contribution is -2.43. The van der Waals surface area contributed by atoms with Gasteiger partial charge in [-0.3, -0.25) is 0 Å². The molecule has 7 nitrogen and oxygen atoms in total. The van der Waals surface area contributed by atoms with Crippen LogP contribution < -0.4 is 14.2 Å². The highest BCUT2D eigenvalue weighted by Gasteiger charge is 2.33. The lowest BCUT2D eigenvalue weighted by atomic mass is 10.2. The largest absolute Gasteiger partial charge is 0.493 e. The Hall–Kier alpha value is -2.16. The van der Waals surface area contributed by atoms with Gasteiger partial charge in [-0.1, -0.05) is 29.3 Å². The first-order valence-electron chi connectivity index (χ1n) is 9.74. The van der Waals surface area contributed by atoms with Crippen LogP contribution in [0, 0.1) is 0 Å². The summed E-state index contributed by atoms with van der Waals surface area (Å²) in [5, 5.41) is 3.24. The highest BCUT2D eigenvalue weighted by molar-refractivity contribution is 7.87. The molecule has 168 valence electrons. The lowest BCUT2D eigenvalue weighted by molar-refractivity contribution is 0.189. The normalized spacial score (nSPS) is 13.7. The number of nitrogens with one attached hydrogen (secondary N) is 1. The van der Waals surface area contributed by atoms with Crippen LogP contribution in [0.15, 0.2) is 41.3 Å². The van der Waals surface area contributed by atoms with Gasteiger partial charge < -0.3 is 19.1 Å². The fourth-order valence-corrected chi connectivity index (χ4v) is 4.29. The molecule has 0 aromatic heterocycles. The Morgan fingerprint density at radius 2 is 1.84 bits per heavy atom. The average molecular weight is 487 g/mol. The van der Waals surface area contributed by atoms with Gasteiger partial charge in [0.05, 0.1) is 17.2 Å². The van der Waals surface area contributed by atoms with Crippen molar-refractivity contribution in [3.05, 3.63) is 52.0 Å². The Kier molecular flexibility index (Phi) is 7.24. The number of hydrogen-bond acceptors (Lipinski definition) is 5. The molecule has 1 N–H and O–H groups in total. The van der Waals surface area contributed by atoms with Crippen LogP contribution in [0.25, 0.3) is 0 Å². The zero-order valence-corrected chi connectivity index (χ0v) is 19.7. The van der Waals surface area contributed by atoms with Crippen molar-refractivity contribution >= 4 is 39.4 Å². The van der Waals surface area contributed by atoms with Crippen LogP contribution in [0.1, 0.15) is 32.3 Å². The topological polar surface area (TPSA) is 84.9 Å². The summed E-state index contributed by atoms with van der Waals surface area (Å²) in [5.41, 5.74) is 0.714. The second kappa shape index (κ2) is 9.54. The summed E-state index contributed by atoms with van der Waals surface area (Å²) in [4.78, 5) is 14.2. The minimum absolute atomic E-state index is 0.0138. The Balaban J connectivity index is 1.86. The quantitative estimate of drug-likeness (QED) is 0.538. The van der Waals surface area contributed by atoms with E-state index in [1.807, 2.05) is 13.8 Å². The van der Waals surface area contributed by atoms with Gasteiger partial charge >= 0.3 is 16.1 Å². The van der Waals surface area contributed by atoms with E-state index in [4.69, 9.17) is 32.1 Å². The minimum atomic E-state index is -4.18. The molecule has 0 heterocycles. The van der Waals surface area contributed by atoms with Crippen LogP contribution >= 0.6 is 23.2 Å². The average Bonchev–Trinajstić information content (AvgIpc) is 3.52. The molecule has 0 spiro atoms. The Morgan fingerprint density at radius 1 is 1.13 bits per heavy atom. The van der Waals surface area contributed by atoms with Crippen LogP contribution in [0.3, 0.4) is 0 Å². The predicted octanol–water partition coefficient (Wildman–Crippen LogP) is 4.85. The van der Waals surface area contributed by atoms with E-state index in [1.165, 1.54) is 25.3 Å². The van der Waals surface area contributed by atoms with Crippen LogP contribution in [0.5, 0.6) is 11.5 Å². The SMILES string of the molecule is COc1ccc(CN(C(=O)NC(C)C)C2CC2)cc1OS(=O)(=O)c1ccc(Cl)c(Cl)c1. The number of nitrogens with zero attached hydrogens (tertiary/aromatic N) is 1. The van der Waals surface area contributed by atoms with Crippen molar-refractivity contribution < 1.29 is 22.1 Å². The van der Waals surface area contributed by atoms with E-state index in [0.29, 0.717) is 12.1 Å². The predicted molar refractivity (Wildman–Crippen MR) is 120 cm³/mol. The van der Waals surface area contributed by atoms with E-state index >= 15 is 0 Å². The van der Waals surface area contributed by atoms with E-state index in [1.54, 1.807) is 23.1 Å². The fraction of sp³-hybridized carbons (Fsp3) is 0.381. The number of ether oxygens (including phenoxy) is 1. The maximum Gasteiger partial charge on any atom is 0.339 e. The molecular formula is C21H24Cl2N2O5S. The summed E-state index contributed by atoms with van der Waals surface area (Å²) in [6.45, 7) is 4.11. The Bertz CT molecular complexity index is 1070. The molecule has 2 aromatic rings. The second-order valence-corrected chi connectivity index (χ2v) is 9.92. The summed E-state index contributed by atoms with van der Waals surface area (Å²) >= 11 is 11.8. The van der Waals surface area contributed by atoms with Crippen molar-refractivity contribution in [1.29, 1.82) is 0 Å². The standard InChI is InChI=1S/C21H24Cl2N2O5S/c1-13(2)24-21(26)25(15-5-6-15)12-14-4-9-19(29-3)20(10-14)30-31(27,28)16-7-8-17(22)18(23)11-16/h4,7-11,13,15H,5-6,12H2,1-3H3,(H,24,26). The van der Waals surface area contributed by atoms with Gasteiger partial charge in [0, 0.05) is 18.6 Å². The lowest BCUT2D eigenvalue weighted by Gasteiger charge is -2.24. The Labute approximate surface area is 192 Å². The first-order chi connectivity index (χ1) is 14.6. The molecule has 0 saturated heterocycles. The highest BCUT2D eigenvalue weighted by Crippen LogP contribution is 2.34. The van der Waals surface area contributed by atoms with E-state index in [9.17, 15) is 13.2 Å². The van der Waals surface area contributed by atoms with E-state index in [2.05, 4.69) is 5.32 Å². The zero-order valence-electron chi connectivity index (χ0n) is 17.4. The van der Waals surface area contributed by atoms with E-state index in [-0.39, 0.29) is 44.6 Å². The maximum atomic E-state index is 12.8. The number of carbonyl (C=O) groups is 1. The van der Waals surface area contributed by atoms with Crippen molar-refractivity contribution in [3.63, 3.8) is 0 Å². The van der Waals surface area contributed by atoms with Crippen molar-refractivity contribution in [2.24, 2.45) is 0 Å². The molecule has 1 aliphatic carbocycles. The summed E-state index contributed by atoms with van der Waals surface area (Å²) < 4.78 is 36.1. The maximum absolute atomic E-state index is 12.8. The van der Waals surface area contributed by atoms with Crippen molar-refractivity contribution in [3.8, 4) is 11.5 Å². The van der Waals surface area contributed by atoms with Gasteiger partial charge in [0.25, 0.3) is 0 Å². The first kappa shape index (κ1) is 23.5. The Morgan fingerprint density at radius 3 is 2.42 bits per heavy atom. The number of urea groups is 1. The van der Waals surface area contributed by atoms with Crippen LogP contribution in [-0.2, 0) is 16.7 Å². The molecule has 1 aliphatic rings. The highest BCUT2D eigenvalue weighted by atomic mass is 35.5. The molecule has 0 radical (unpaired) electrons. The van der Waals surface area contributed by atoms with Gasteiger partial charge in [-0.05, 0) is 62.6 Å². The summed E-state index contributed by atoms with van der Waals surface area (Å²) in [6.07, 6.45) is 1.88. The number of amides is 2. The third-order valence-electron chi connectivity index (χ3n) is 4.62. The molecule has 0 atom stereocenters. The number of hydrogen-bond donors (Lipinski definition) is 1. The molecule has 0 bridgehead atoms. The molecule has 31 heavy (non-hydrogen) atoms. The molecule has 10 heteroatoms. The molecular weight excluding hydrogens is 463 g/mol. The van der Waals surface area contributed by atoms with Crippen molar-refractivity contribution in [1.82, 2.24) is 10.2 Å². The number of halogens is 2. The smallest absolute Gasteiger partial charge is 0.339 e. The second-order valence-electron chi connectivity index (χ2n) is 7.56. The van der Waals surface area contributed by atoms with Gasteiger partial charge in [-0.15, -0.1) is 0 Å². The summed E-state index contributed by atoms with van der Waals surface area (Å²) in [6, 6.07) is 8.89. The van der Waals surface area contributed by atoms with Crippen molar-refractivity contribution in [2.75, 3.05) is 7.11 Å². The molecule has 2 aromatic carbocycles. The molecule has 1 fully saturated rings. The van der Waals surface area contributed by atoms with Crippen LogP contribution in [-0.4, -0.2) is 38.5 Å². The van der Waals surface area contributed by atoms with E-state index < -0.39 is 10.1 Å². The van der Waals surface area contributed by atoms with Crippen LogP contribution in [0.2, 0.25) is 10.0 Å². The third kappa shape index (κ3) is 5.96. The zero-order chi connectivity index (χ0) is 22.8. The monoisotopic (exact) mass is 486 g/mol. The van der Waals surface area contributed by atoms with Gasteiger partial charge in [0.2, 0.25) is 0 Å². The van der Waals surface area contributed by atoms with E-state index in [0.717, 1.165) is 12.8 Å². The molecule has 3 rings (SSSR count). The summed E-state index contributed by atoms with van der Waals surface area (Å²) in [5.74, 6) is 0.267. The molecule has 1 saturated carbocycles. The third-order valence-corrected chi connectivity index (χ3v) is 6.59. The number of rotatable bonds is 8. The molecule has 0 unspecified atom stereocenters. The first-order valence-corrected chi connectivity index (χ1v) is 11.9. The van der Waals surface area contributed by atoms with Gasteiger partial charge in [0.1, 0.15) is 4.90 Å².